The lowest BCUT2D eigenvalue weighted by molar-refractivity contribution is 0.0378. The molecular formula is C32H33N5O2S2. The van der Waals surface area contributed by atoms with E-state index in [1.807, 2.05) is 35.7 Å². The van der Waals surface area contributed by atoms with Crippen molar-refractivity contribution < 1.29 is 4.74 Å². The minimum atomic E-state index is -0.100. The number of benzene rings is 2. The first-order valence-corrected chi connectivity index (χ1v) is 15.8. The molecule has 0 saturated carbocycles. The molecule has 2 aromatic heterocycles. The fraction of sp³-hybridized carbons (Fsp3) is 0.312. The average Bonchev–Trinajstić information content (AvgIpc) is 3.54. The second-order valence-corrected chi connectivity index (χ2v) is 12.9. The number of pyridine rings is 2. The normalized spacial score (nSPS) is 20.8. The van der Waals surface area contributed by atoms with E-state index in [9.17, 15) is 4.79 Å². The van der Waals surface area contributed by atoms with Gasteiger partial charge >= 0.3 is 0 Å². The summed E-state index contributed by atoms with van der Waals surface area (Å²) in [5.41, 5.74) is 5.10. The molecule has 7 rings (SSSR count). The summed E-state index contributed by atoms with van der Waals surface area (Å²) < 4.78 is 6.27. The zero-order valence-electron chi connectivity index (χ0n) is 22.9. The Labute approximate surface area is 248 Å². The van der Waals surface area contributed by atoms with Gasteiger partial charge in [0.1, 0.15) is 11.8 Å². The summed E-state index contributed by atoms with van der Waals surface area (Å²) in [5, 5.41) is 7.37. The Balaban J connectivity index is 1.13. The summed E-state index contributed by atoms with van der Waals surface area (Å²) in [6.07, 6.45) is 2.71. The smallest absolute Gasteiger partial charge is 0.271 e. The van der Waals surface area contributed by atoms with Crippen LogP contribution in [0.15, 0.2) is 97.3 Å². The molecule has 0 aliphatic carbocycles. The van der Waals surface area contributed by atoms with Crippen LogP contribution in [0, 0.1) is 12.8 Å². The van der Waals surface area contributed by atoms with Crippen molar-refractivity contribution in [2.75, 3.05) is 43.0 Å². The van der Waals surface area contributed by atoms with E-state index < -0.39 is 0 Å². The van der Waals surface area contributed by atoms with Crippen LogP contribution < -0.4 is 21.1 Å². The molecule has 4 aromatic rings. The van der Waals surface area contributed by atoms with Gasteiger partial charge in [-0.25, -0.2) is 0 Å². The molecule has 210 valence electrons. The maximum atomic E-state index is 12.4. The molecule has 0 spiro atoms. The van der Waals surface area contributed by atoms with Crippen LogP contribution >= 0.6 is 23.5 Å². The van der Waals surface area contributed by atoms with Crippen LogP contribution in [0.2, 0.25) is 0 Å². The highest BCUT2D eigenvalue weighted by Gasteiger charge is 2.30. The number of nitrogens with one attached hydrogen (secondary N) is 3. The molecule has 0 amide bonds. The zero-order chi connectivity index (χ0) is 27.8. The molecule has 2 saturated heterocycles. The molecule has 3 atom stereocenters. The van der Waals surface area contributed by atoms with Gasteiger partial charge in [-0.15, -0.1) is 0 Å². The van der Waals surface area contributed by atoms with Crippen molar-refractivity contribution in [3.05, 3.63) is 100 Å². The van der Waals surface area contributed by atoms with E-state index in [-0.39, 0.29) is 17.7 Å². The Morgan fingerprint density at radius 2 is 1.98 bits per heavy atom. The van der Waals surface area contributed by atoms with Gasteiger partial charge < -0.3 is 25.3 Å². The number of H-pyrrole nitrogens is 1. The number of hydrogen-bond donors (Lipinski definition) is 3. The molecule has 0 bridgehead atoms. The third kappa shape index (κ3) is 5.51. The number of aromatic amines is 1. The van der Waals surface area contributed by atoms with Crippen LogP contribution in [0.1, 0.15) is 35.5 Å². The van der Waals surface area contributed by atoms with Gasteiger partial charge in [-0.1, -0.05) is 41.7 Å². The average molecular weight is 584 g/mol. The quantitative estimate of drug-likeness (QED) is 0.223. The number of aromatic nitrogens is 2. The first-order chi connectivity index (χ1) is 20.1. The highest BCUT2D eigenvalue weighted by atomic mass is 32.2. The SMILES string of the molecule is Cc1cccc(C(Nc2ccc3c(c2)Sc2cccc(C4CN(c5ccc[nH]c5=O)CCO4)c2S3)C2CCNC2)n1. The number of ether oxygens (including phenoxy) is 1. The van der Waals surface area contributed by atoms with Crippen LogP contribution in [0.5, 0.6) is 0 Å². The van der Waals surface area contributed by atoms with E-state index in [0.717, 1.165) is 36.6 Å². The number of aryl methyl sites for hydroxylation is 1. The van der Waals surface area contributed by atoms with Crippen LogP contribution in [0.25, 0.3) is 0 Å². The van der Waals surface area contributed by atoms with Crippen molar-refractivity contribution in [3.8, 4) is 0 Å². The van der Waals surface area contributed by atoms with Crippen LogP contribution in [-0.2, 0) is 4.74 Å². The minimum Gasteiger partial charge on any atom is -0.376 e. The number of morpholine rings is 1. The van der Waals surface area contributed by atoms with Gasteiger partial charge in [0.15, 0.2) is 0 Å². The van der Waals surface area contributed by atoms with Crippen LogP contribution in [-0.4, -0.2) is 42.8 Å². The van der Waals surface area contributed by atoms with Crippen LogP contribution in [0.4, 0.5) is 11.4 Å². The Bertz CT molecular complexity index is 1620. The van der Waals surface area contributed by atoms with Crippen molar-refractivity contribution in [2.45, 2.75) is 45.1 Å². The van der Waals surface area contributed by atoms with Gasteiger partial charge in [0, 0.05) is 56.8 Å². The first kappa shape index (κ1) is 26.6. The first-order valence-electron chi connectivity index (χ1n) is 14.2. The molecule has 3 aliphatic heterocycles. The largest absolute Gasteiger partial charge is 0.376 e. The summed E-state index contributed by atoms with van der Waals surface area (Å²) in [5.74, 6) is 0.493. The van der Waals surface area contributed by atoms with Gasteiger partial charge in [-0.3, -0.25) is 9.78 Å². The Morgan fingerprint density at radius 1 is 1.05 bits per heavy atom. The standard InChI is InChI=1S/C32H33N5O2S2/c1-20-5-2-7-24(35-20)30(21-12-14-33-18-21)36-22-10-11-27-29(17-22)40-28-9-3-6-23(31(28)41-27)26-19-37(15-16-39-26)25-8-4-13-34-32(25)38/h2-11,13,17,21,26,30,33,36H,12,14-16,18-19H2,1H3,(H,34,38). The lowest BCUT2D eigenvalue weighted by Crippen LogP contribution is -2.41. The minimum absolute atomic E-state index is 0.0591. The maximum absolute atomic E-state index is 12.4. The molecule has 2 aromatic carbocycles. The number of hydrogen-bond acceptors (Lipinski definition) is 8. The van der Waals surface area contributed by atoms with E-state index in [1.54, 1.807) is 6.20 Å². The van der Waals surface area contributed by atoms with E-state index in [1.165, 1.54) is 25.1 Å². The lowest BCUT2D eigenvalue weighted by Gasteiger charge is -2.35. The molecule has 0 radical (unpaired) electrons. The molecule has 2 fully saturated rings. The third-order valence-electron chi connectivity index (χ3n) is 8.06. The second kappa shape index (κ2) is 11.6. The highest BCUT2D eigenvalue weighted by Crippen LogP contribution is 2.52. The fourth-order valence-corrected chi connectivity index (χ4v) is 8.45. The molecule has 3 unspecified atom stereocenters. The van der Waals surface area contributed by atoms with E-state index in [0.29, 0.717) is 31.3 Å². The van der Waals surface area contributed by atoms with E-state index in [4.69, 9.17) is 9.72 Å². The van der Waals surface area contributed by atoms with Gasteiger partial charge in [0.2, 0.25) is 0 Å². The second-order valence-electron chi connectivity index (χ2n) is 10.8. The molecular weight excluding hydrogens is 551 g/mol. The number of fused-ring (bicyclic) bond motifs is 2. The lowest BCUT2D eigenvalue weighted by atomic mass is 9.95. The summed E-state index contributed by atoms with van der Waals surface area (Å²) in [6.45, 7) is 6.04. The molecule has 7 nitrogen and oxygen atoms in total. The van der Waals surface area contributed by atoms with Crippen molar-refractivity contribution in [1.29, 1.82) is 0 Å². The number of rotatable bonds is 6. The molecule has 3 aliphatic rings. The Kier molecular flexibility index (Phi) is 7.51. The topological polar surface area (TPSA) is 82.3 Å². The zero-order valence-corrected chi connectivity index (χ0v) is 24.6. The van der Waals surface area contributed by atoms with Gasteiger partial charge in [0.05, 0.1) is 18.3 Å². The Morgan fingerprint density at radius 3 is 2.83 bits per heavy atom. The maximum Gasteiger partial charge on any atom is 0.271 e. The van der Waals surface area contributed by atoms with Crippen molar-refractivity contribution in [1.82, 2.24) is 15.3 Å². The van der Waals surface area contributed by atoms with Gasteiger partial charge in [-0.2, -0.15) is 0 Å². The number of nitrogens with zero attached hydrogens (tertiary/aromatic N) is 2. The molecule has 9 heteroatoms. The predicted octanol–water partition coefficient (Wildman–Crippen LogP) is 6.03. The monoisotopic (exact) mass is 583 g/mol. The van der Waals surface area contributed by atoms with E-state index in [2.05, 4.69) is 82.0 Å². The number of anilines is 2. The summed E-state index contributed by atoms with van der Waals surface area (Å²) >= 11 is 3.64. The van der Waals surface area contributed by atoms with E-state index >= 15 is 0 Å². The predicted molar refractivity (Wildman–Crippen MR) is 165 cm³/mol. The third-order valence-corrected chi connectivity index (χ3v) is 10.7. The molecule has 3 N–H and O–H groups in total. The molecule has 41 heavy (non-hydrogen) atoms. The van der Waals surface area contributed by atoms with Crippen molar-refractivity contribution in [3.63, 3.8) is 0 Å². The van der Waals surface area contributed by atoms with Crippen molar-refractivity contribution in [2.24, 2.45) is 5.92 Å². The van der Waals surface area contributed by atoms with Gasteiger partial charge in [0.25, 0.3) is 5.56 Å². The van der Waals surface area contributed by atoms with Crippen LogP contribution in [0.3, 0.4) is 0 Å². The summed E-state index contributed by atoms with van der Waals surface area (Å²) in [4.78, 5) is 27.3. The Hall–Kier alpha value is -3.24. The van der Waals surface area contributed by atoms with Gasteiger partial charge in [-0.05, 0) is 79.9 Å². The highest BCUT2D eigenvalue weighted by molar-refractivity contribution is 8.05. The molecule has 5 heterocycles. The summed E-state index contributed by atoms with van der Waals surface area (Å²) in [6, 6.07) is 23.5. The fourth-order valence-electron chi connectivity index (χ4n) is 6.00. The van der Waals surface area contributed by atoms with Crippen molar-refractivity contribution >= 4 is 34.9 Å². The summed E-state index contributed by atoms with van der Waals surface area (Å²) in [7, 11) is 0.